The normalized spacial score (nSPS) is 23.8. The SMILES string of the molecule is Cc1ccc(CC(NC(=O)C(C)NC(=O)CN2CCOC(CC3(C(=O)C(CC4=CCCC4)NC(=O)C(Cc4ccc(C)c(O)c4)NC(=O)C(C)NC(=O)CN4CCOCC4)CO3)C2)C(=O)NC(CC2=CCCCC2)C(=O)C2(C)CO2)cc1O. The lowest BCUT2D eigenvalue weighted by molar-refractivity contribution is -0.135. The summed E-state index contributed by atoms with van der Waals surface area (Å²) in [5, 5.41) is 38.0. The monoisotopic (exact) mass is 1150 g/mol. The van der Waals surface area contributed by atoms with E-state index in [2.05, 4.69) is 44.1 Å². The minimum atomic E-state index is -1.31. The highest BCUT2D eigenvalue weighted by Gasteiger charge is 2.56. The van der Waals surface area contributed by atoms with Crippen molar-refractivity contribution < 1.29 is 67.5 Å². The number of benzene rings is 2. The van der Waals surface area contributed by atoms with Gasteiger partial charge in [-0.25, -0.2) is 0 Å². The number of nitrogens with one attached hydrogen (secondary N) is 6. The second kappa shape index (κ2) is 28.3. The molecule has 0 bridgehead atoms. The smallest absolute Gasteiger partial charge is 0.243 e. The maximum Gasteiger partial charge on any atom is 0.243 e. The zero-order valence-electron chi connectivity index (χ0n) is 48.6. The van der Waals surface area contributed by atoms with E-state index >= 15 is 0 Å². The molecule has 0 radical (unpaired) electrons. The van der Waals surface area contributed by atoms with Gasteiger partial charge in [-0.15, -0.1) is 0 Å². The molecule has 8 N–H and O–H groups in total. The van der Waals surface area contributed by atoms with Crippen molar-refractivity contribution in [3.05, 3.63) is 82.0 Å². The quantitative estimate of drug-likeness (QED) is 0.0446. The molecule has 0 spiro atoms. The summed E-state index contributed by atoms with van der Waals surface area (Å²) in [5.41, 5.74) is 2.12. The molecule has 22 nitrogen and oxygen atoms in total. The van der Waals surface area contributed by atoms with Gasteiger partial charge in [0.15, 0.2) is 17.2 Å². The summed E-state index contributed by atoms with van der Waals surface area (Å²) in [6.45, 7) is 11.5. The van der Waals surface area contributed by atoms with Gasteiger partial charge in [-0.05, 0) is 127 Å². The third-order valence-electron chi connectivity index (χ3n) is 16.6. The summed E-state index contributed by atoms with van der Waals surface area (Å²) in [6, 6.07) is 3.48. The van der Waals surface area contributed by atoms with Crippen LogP contribution in [0.2, 0.25) is 0 Å². The summed E-state index contributed by atoms with van der Waals surface area (Å²) >= 11 is 0. The van der Waals surface area contributed by atoms with E-state index in [-0.39, 0.29) is 94.1 Å². The first-order valence-electron chi connectivity index (χ1n) is 29.4. The number of amides is 6. The van der Waals surface area contributed by atoms with E-state index in [0.29, 0.717) is 61.5 Å². The van der Waals surface area contributed by atoms with Gasteiger partial charge >= 0.3 is 0 Å². The Bertz CT molecular complexity index is 2790. The van der Waals surface area contributed by atoms with Gasteiger partial charge in [0, 0.05) is 45.4 Å². The largest absolute Gasteiger partial charge is 0.508 e. The molecule has 0 saturated carbocycles. The molecule has 22 heteroatoms. The summed E-state index contributed by atoms with van der Waals surface area (Å²) in [6.07, 6.45) is 10.4. The van der Waals surface area contributed by atoms with Gasteiger partial charge < -0.3 is 61.1 Å². The Morgan fingerprint density at radius 2 is 1.07 bits per heavy atom. The molecule has 8 rings (SSSR count). The molecule has 4 saturated heterocycles. The second-order valence-corrected chi connectivity index (χ2v) is 23.6. The van der Waals surface area contributed by atoms with Crippen LogP contribution in [0, 0.1) is 13.8 Å². The van der Waals surface area contributed by atoms with Crippen LogP contribution in [0.5, 0.6) is 11.5 Å². The maximum absolute atomic E-state index is 14.8. The number of ether oxygens (including phenoxy) is 4. The first kappa shape index (κ1) is 62.5. The van der Waals surface area contributed by atoms with Gasteiger partial charge in [0.05, 0.1) is 64.3 Å². The number of phenolic OH excluding ortho intramolecular Hbond substituents is 2. The number of carbonyl (C=O) groups excluding carboxylic acids is 8. The van der Waals surface area contributed by atoms with Crippen LogP contribution in [0.1, 0.15) is 107 Å². The molecule has 83 heavy (non-hydrogen) atoms. The van der Waals surface area contributed by atoms with Gasteiger partial charge in [-0.1, -0.05) is 47.6 Å². The minimum absolute atomic E-state index is 0.0130. The Labute approximate surface area is 485 Å². The van der Waals surface area contributed by atoms with Crippen LogP contribution in [0.25, 0.3) is 0 Å². The molecule has 452 valence electrons. The van der Waals surface area contributed by atoms with Gasteiger partial charge in [0.1, 0.15) is 41.3 Å². The van der Waals surface area contributed by atoms with Crippen LogP contribution < -0.4 is 31.9 Å². The summed E-state index contributed by atoms with van der Waals surface area (Å²) < 4.78 is 23.0. The van der Waals surface area contributed by atoms with Crippen LogP contribution in [0.15, 0.2) is 59.7 Å². The number of nitrogens with zero attached hydrogens (tertiary/aromatic N) is 2. The number of Topliss-reactive ketones (excluding diaryl/α,β-unsaturated/α-hetero) is 2. The highest BCUT2D eigenvalue weighted by atomic mass is 16.6. The molecule has 9 atom stereocenters. The predicted molar refractivity (Wildman–Crippen MR) is 305 cm³/mol. The molecule has 9 unspecified atom stereocenters. The zero-order valence-corrected chi connectivity index (χ0v) is 48.6. The van der Waals surface area contributed by atoms with Crippen molar-refractivity contribution in [2.24, 2.45) is 0 Å². The average Bonchev–Trinajstić information content (AvgIpc) is 3.40. The van der Waals surface area contributed by atoms with Gasteiger partial charge in [0.25, 0.3) is 0 Å². The van der Waals surface area contributed by atoms with Crippen molar-refractivity contribution in [2.45, 2.75) is 165 Å². The third-order valence-corrected chi connectivity index (χ3v) is 16.6. The molecule has 4 fully saturated rings. The van der Waals surface area contributed by atoms with Gasteiger partial charge in [0.2, 0.25) is 35.4 Å². The summed E-state index contributed by atoms with van der Waals surface area (Å²) in [7, 11) is 0. The molecule has 2 aromatic carbocycles. The predicted octanol–water partition coefficient (Wildman–Crippen LogP) is 1.96. The van der Waals surface area contributed by atoms with Crippen molar-refractivity contribution in [3.8, 4) is 11.5 Å². The molecule has 6 aliphatic rings. The van der Waals surface area contributed by atoms with E-state index in [1.807, 2.05) is 9.80 Å². The highest BCUT2D eigenvalue weighted by molar-refractivity contribution is 6.00. The Morgan fingerprint density at radius 3 is 1.54 bits per heavy atom. The number of hydrogen-bond acceptors (Lipinski definition) is 16. The molecule has 0 aromatic heterocycles. The van der Waals surface area contributed by atoms with Crippen LogP contribution >= 0.6 is 0 Å². The summed E-state index contributed by atoms with van der Waals surface area (Å²) in [5.74, 6) is -3.91. The lowest BCUT2D eigenvalue weighted by atomic mass is 9.88. The van der Waals surface area contributed by atoms with Crippen molar-refractivity contribution in [2.75, 3.05) is 72.3 Å². The van der Waals surface area contributed by atoms with E-state index < -0.39 is 83.1 Å². The Balaban J connectivity index is 0.885. The molecule has 2 aliphatic carbocycles. The number of carbonyl (C=O) groups is 8. The van der Waals surface area contributed by atoms with E-state index in [1.54, 1.807) is 45.0 Å². The van der Waals surface area contributed by atoms with Gasteiger partial charge in [-0.2, -0.15) is 0 Å². The number of morpholine rings is 2. The lowest BCUT2D eigenvalue weighted by Gasteiger charge is -2.34. The van der Waals surface area contributed by atoms with Crippen molar-refractivity contribution in [3.63, 3.8) is 0 Å². The number of aromatic hydroxyl groups is 2. The van der Waals surface area contributed by atoms with Crippen LogP contribution in [-0.4, -0.2) is 193 Å². The van der Waals surface area contributed by atoms with E-state index in [1.165, 1.54) is 26.0 Å². The lowest BCUT2D eigenvalue weighted by Crippen LogP contribution is -2.58. The number of phenols is 2. The standard InChI is InChI=1S/C61H84N8O14/c1-37-15-17-43(29-50(37)70)27-48(58(78)64-46(54(74)60(5)35-82-60)25-41-11-7-6-8-12-41)66-57(77)40(4)63-53(73)34-69-21-24-81-45(32-69)31-61(36-83-61)55(75)47(26-42-13-9-10-14-42)65-59(79)49(28-44-18-16-38(2)51(71)30-44)67-56(76)39(3)62-52(72)33-68-19-22-80-23-20-68/h11,13,15-18,29-30,39-40,45-49,70-71H,6-10,12,14,19-28,31-36H2,1-5H3,(H,62,72)(H,63,73)(H,64,78)(H,65,79)(H,66,77)(H,67,76). The Morgan fingerprint density at radius 1 is 0.590 bits per heavy atom. The third kappa shape index (κ3) is 17.7. The van der Waals surface area contributed by atoms with Gasteiger partial charge in [-0.3, -0.25) is 48.2 Å². The topological polar surface area (TPSA) is 299 Å². The number of rotatable bonds is 28. The number of allylic oxidation sites excluding steroid dienone is 2. The van der Waals surface area contributed by atoms with Crippen LogP contribution in [0.3, 0.4) is 0 Å². The van der Waals surface area contributed by atoms with E-state index in [9.17, 15) is 48.6 Å². The zero-order chi connectivity index (χ0) is 59.4. The van der Waals surface area contributed by atoms with E-state index in [4.69, 9.17) is 18.9 Å². The number of hydrogen-bond donors (Lipinski definition) is 8. The number of epoxide rings is 2. The molecular weight excluding hydrogens is 1070 g/mol. The second-order valence-electron chi connectivity index (χ2n) is 23.6. The molecule has 4 aliphatic heterocycles. The highest BCUT2D eigenvalue weighted by Crippen LogP contribution is 2.38. The van der Waals surface area contributed by atoms with E-state index in [0.717, 1.165) is 56.1 Å². The molecule has 6 amide bonds. The van der Waals surface area contributed by atoms with Crippen molar-refractivity contribution in [1.82, 2.24) is 41.7 Å². The fourth-order valence-corrected chi connectivity index (χ4v) is 11.2. The fraction of sp³-hybridized carbons (Fsp3) is 0.607. The fourth-order valence-electron chi connectivity index (χ4n) is 11.2. The van der Waals surface area contributed by atoms with Crippen molar-refractivity contribution in [1.29, 1.82) is 0 Å². The Hall–Kier alpha value is -6.56. The summed E-state index contributed by atoms with van der Waals surface area (Å²) in [4.78, 5) is 115. The van der Waals surface area contributed by atoms with Crippen LogP contribution in [-0.2, 0) is 70.1 Å². The molecule has 4 heterocycles. The first-order valence-corrected chi connectivity index (χ1v) is 29.4. The Kier molecular flexibility index (Phi) is 21.3. The molecule has 2 aromatic rings. The van der Waals surface area contributed by atoms with Crippen LogP contribution in [0.4, 0.5) is 0 Å². The average molecular weight is 1150 g/mol. The maximum atomic E-state index is 14.8. The molecular formula is C61H84N8O14. The first-order chi connectivity index (χ1) is 39.6. The minimum Gasteiger partial charge on any atom is -0.508 e. The van der Waals surface area contributed by atoms with Crippen molar-refractivity contribution >= 4 is 47.0 Å². The number of aryl methyl sites for hydroxylation is 2. The number of ketones is 2.